The molecule has 12 aromatic heterocycles. The molecule has 0 radical (unpaired) electrons. The second kappa shape index (κ2) is 21.3. The van der Waals surface area contributed by atoms with E-state index in [1.165, 1.54) is 97.5 Å². The topological polar surface area (TPSA) is 24.7 Å². The molecule has 2 atom stereocenters. The summed E-state index contributed by atoms with van der Waals surface area (Å²) in [6.07, 6.45) is 0. The molecule has 0 saturated heterocycles. The van der Waals surface area contributed by atoms with Crippen LogP contribution in [0, 0.1) is 0 Å². The van der Waals surface area contributed by atoms with Gasteiger partial charge < -0.3 is 0 Å². The standard InChI is InChI=1S/C64H38N2S12/c1-3-9-37(10-4-1)61-62(38-11-5-2-6-12-38)66-64(60-34-32-58(78-60)56-30-28-54(76-56)52-26-24-50(74-52)48-22-20-46(72-48)44-18-16-42(70-44)40-14-8-36-68-40)63(65-61)59-33-31-57(77-59)55-29-27-53(75-55)51-25-23-49(73-51)47-21-19-45(71-47)43-17-15-41(69-43)39-13-7-35-67-39/h1-36,61-62H. The van der Waals surface area contributed by atoms with Gasteiger partial charge in [-0.15, -0.1) is 136 Å². The van der Waals surface area contributed by atoms with Crippen LogP contribution < -0.4 is 0 Å². The predicted octanol–water partition coefficient (Wildman–Crippen LogP) is 23.9. The van der Waals surface area contributed by atoms with Crippen LogP contribution in [0.3, 0.4) is 0 Å². The second-order valence-electron chi connectivity index (χ2n) is 18.3. The quantitative estimate of drug-likeness (QED) is 0.104. The van der Waals surface area contributed by atoms with Crippen LogP contribution >= 0.6 is 136 Å². The fourth-order valence-corrected chi connectivity index (χ4v) is 22.0. The van der Waals surface area contributed by atoms with Crippen LogP contribution in [-0.4, -0.2) is 11.4 Å². The van der Waals surface area contributed by atoms with Gasteiger partial charge in [0.05, 0.1) is 9.75 Å². The van der Waals surface area contributed by atoms with Gasteiger partial charge in [0.1, 0.15) is 23.5 Å². The van der Waals surface area contributed by atoms with Gasteiger partial charge in [0.15, 0.2) is 0 Å². The minimum atomic E-state index is -0.177. The molecule has 0 fully saturated rings. The Hall–Kier alpha value is -5.82. The Labute approximate surface area is 499 Å². The molecular formula is C64H38N2S12. The third-order valence-corrected chi connectivity index (χ3v) is 27.9. The van der Waals surface area contributed by atoms with Gasteiger partial charge in [-0.1, -0.05) is 72.8 Å². The Morgan fingerprint density at radius 1 is 0.192 bits per heavy atom. The Morgan fingerprint density at radius 3 is 0.615 bits per heavy atom. The molecule has 0 bridgehead atoms. The summed E-state index contributed by atoms with van der Waals surface area (Å²) in [6.45, 7) is 0. The smallest absolute Gasteiger partial charge is 0.102 e. The van der Waals surface area contributed by atoms with Crippen molar-refractivity contribution in [2.24, 2.45) is 9.98 Å². The Balaban J connectivity index is 0.705. The van der Waals surface area contributed by atoms with Crippen molar-refractivity contribution >= 4 is 147 Å². The second-order valence-corrected chi connectivity index (χ2v) is 31.0. The maximum absolute atomic E-state index is 5.76. The first-order valence-corrected chi connectivity index (χ1v) is 34.8. The van der Waals surface area contributed by atoms with E-state index in [-0.39, 0.29) is 12.1 Å². The van der Waals surface area contributed by atoms with Crippen molar-refractivity contribution in [2.75, 3.05) is 0 Å². The Kier molecular flexibility index (Phi) is 13.5. The predicted molar refractivity (Wildman–Crippen MR) is 353 cm³/mol. The number of nitrogens with zero attached hydrogens (tertiary/aromatic N) is 2. The Bertz CT molecular complexity index is 4130. The highest BCUT2D eigenvalue weighted by Crippen LogP contribution is 2.49. The molecule has 0 saturated carbocycles. The maximum Gasteiger partial charge on any atom is 0.102 e. The molecule has 14 heteroatoms. The molecule has 1 aliphatic rings. The van der Waals surface area contributed by atoms with Crippen molar-refractivity contribution < 1.29 is 0 Å². The first-order chi connectivity index (χ1) is 38.6. The van der Waals surface area contributed by atoms with E-state index in [0.29, 0.717) is 0 Å². The molecule has 0 N–H and O–H groups in total. The highest BCUT2D eigenvalue weighted by Gasteiger charge is 2.33. The molecular weight excluding hydrogens is 1180 g/mol. The van der Waals surface area contributed by atoms with Gasteiger partial charge in [-0.3, -0.25) is 9.98 Å². The molecule has 13 heterocycles. The largest absolute Gasteiger partial charge is 0.271 e. The van der Waals surface area contributed by atoms with E-state index < -0.39 is 0 Å². The molecule has 78 heavy (non-hydrogen) atoms. The summed E-state index contributed by atoms with van der Waals surface area (Å²) in [5, 5.41) is 4.30. The number of hydrogen-bond acceptors (Lipinski definition) is 14. The SMILES string of the molecule is c1ccc(C2N=C(c3ccc(-c4ccc(-c5ccc(-c6ccc(-c7ccc(-c8cccs8)s7)s6)s5)s4)s3)C(c3ccc(-c4ccc(-c5ccc(-c6ccc(-c7ccc(-c8cccs8)s7)s6)s5)s4)s3)=NC2c2ccccc2)cc1. The van der Waals surface area contributed by atoms with Crippen molar-refractivity contribution in [3.05, 3.63) is 238 Å². The van der Waals surface area contributed by atoms with Crippen LogP contribution in [0.25, 0.3) is 97.5 Å². The first-order valence-electron chi connectivity index (χ1n) is 24.9. The lowest BCUT2D eigenvalue weighted by Crippen LogP contribution is -2.25. The summed E-state index contributed by atoms with van der Waals surface area (Å²) in [6, 6.07) is 75.4. The fraction of sp³-hybridized carbons (Fsp3) is 0.0312. The van der Waals surface area contributed by atoms with Crippen LogP contribution in [0.4, 0.5) is 0 Å². The molecule has 2 nitrogen and oxygen atoms in total. The first kappa shape index (κ1) is 49.2. The lowest BCUT2D eigenvalue weighted by Gasteiger charge is -2.28. The number of thiophene rings is 12. The number of aliphatic imine (C=N–C) groups is 2. The van der Waals surface area contributed by atoms with Crippen LogP contribution in [0.1, 0.15) is 33.0 Å². The molecule has 15 rings (SSSR count). The molecule has 14 aromatic rings. The van der Waals surface area contributed by atoms with Crippen molar-refractivity contribution in [1.82, 2.24) is 0 Å². The number of hydrogen-bond donors (Lipinski definition) is 0. The summed E-state index contributed by atoms with van der Waals surface area (Å²) in [7, 11) is 0. The zero-order valence-electron chi connectivity index (χ0n) is 40.7. The van der Waals surface area contributed by atoms with E-state index in [2.05, 4.69) is 217 Å². The van der Waals surface area contributed by atoms with Gasteiger partial charge in [0.2, 0.25) is 0 Å². The number of rotatable bonds is 14. The van der Waals surface area contributed by atoms with Crippen LogP contribution in [0.15, 0.2) is 227 Å². The molecule has 2 unspecified atom stereocenters. The fourth-order valence-electron chi connectivity index (χ4n) is 9.57. The van der Waals surface area contributed by atoms with E-state index in [9.17, 15) is 0 Å². The molecule has 0 aliphatic carbocycles. The minimum absolute atomic E-state index is 0.177. The monoisotopic (exact) mass is 1220 g/mol. The van der Waals surface area contributed by atoms with Crippen LogP contribution in [-0.2, 0) is 0 Å². The van der Waals surface area contributed by atoms with Crippen molar-refractivity contribution in [1.29, 1.82) is 0 Å². The minimum Gasteiger partial charge on any atom is -0.271 e. The average Bonchev–Trinajstić information content (AvgIpc) is 4.33. The zero-order chi connectivity index (χ0) is 51.5. The van der Waals surface area contributed by atoms with E-state index in [4.69, 9.17) is 9.98 Å². The summed E-state index contributed by atoms with van der Waals surface area (Å²) in [5.41, 5.74) is 4.24. The summed E-state index contributed by atoms with van der Waals surface area (Å²) >= 11 is 22.3. The maximum atomic E-state index is 5.76. The molecule has 0 amide bonds. The zero-order valence-corrected chi connectivity index (χ0v) is 50.5. The third kappa shape index (κ3) is 9.69. The normalized spacial score (nSPS) is 14.6. The van der Waals surface area contributed by atoms with Gasteiger partial charge in [-0.2, -0.15) is 0 Å². The third-order valence-electron chi connectivity index (χ3n) is 13.3. The summed E-state index contributed by atoms with van der Waals surface area (Å²) < 4.78 is 0. The van der Waals surface area contributed by atoms with Crippen molar-refractivity contribution in [3.8, 4) is 97.5 Å². The van der Waals surface area contributed by atoms with Gasteiger partial charge in [0, 0.05) is 97.5 Å². The van der Waals surface area contributed by atoms with E-state index >= 15 is 0 Å². The molecule has 2 aromatic carbocycles. The van der Waals surface area contributed by atoms with Gasteiger partial charge in [-0.05, 0) is 155 Å². The lowest BCUT2D eigenvalue weighted by atomic mass is 9.91. The van der Waals surface area contributed by atoms with Gasteiger partial charge >= 0.3 is 0 Å². The summed E-state index contributed by atoms with van der Waals surface area (Å²) in [4.78, 5) is 39.8. The molecule has 0 spiro atoms. The number of benzene rings is 2. The average molecular weight is 1220 g/mol. The molecule has 1 aliphatic heterocycles. The van der Waals surface area contributed by atoms with Crippen LogP contribution in [0.2, 0.25) is 0 Å². The highest BCUT2D eigenvalue weighted by atomic mass is 32.1. The van der Waals surface area contributed by atoms with Crippen molar-refractivity contribution in [3.63, 3.8) is 0 Å². The van der Waals surface area contributed by atoms with Gasteiger partial charge in [0.25, 0.3) is 0 Å². The van der Waals surface area contributed by atoms with Gasteiger partial charge in [-0.25, -0.2) is 0 Å². The lowest BCUT2D eigenvalue weighted by molar-refractivity contribution is 0.575. The van der Waals surface area contributed by atoms with E-state index in [1.54, 1.807) is 22.7 Å². The molecule has 376 valence electrons. The van der Waals surface area contributed by atoms with Crippen molar-refractivity contribution in [2.45, 2.75) is 12.1 Å². The highest BCUT2D eigenvalue weighted by molar-refractivity contribution is 7.32. The van der Waals surface area contributed by atoms with E-state index in [0.717, 1.165) is 32.3 Å². The summed E-state index contributed by atoms with van der Waals surface area (Å²) in [5.74, 6) is 0. The van der Waals surface area contributed by atoms with Crippen LogP contribution in [0.5, 0.6) is 0 Å². The Morgan fingerprint density at radius 2 is 0.397 bits per heavy atom. The van der Waals surface area contributed by atoms with E-state index in [1.807, 2.05) is 113 Å².